The SMILES string of the molecule is CCC1(C(C)N)CCC(Oc2cc3cc[nH]c(=O)c3cc2Cl)CC1. The molecule has 3 rings (SSSR count). The lowest BCUT2D eigenvalue weighted by molar-refractivity contribution is 0.0620. The van der Waals surface area contributed by atoms with Crippen LogP contribution in [0.15, 0.2) is 29.2 Å². The molecule has 2 aromatic rings. The minimum atomic E-state index is -0.136. The first-order chi connectivity index (χ1) is 11.4. The predicted octanol–water partition coefficient (Wildman–Crippen LogP) is 4.25. The second-order valence-electron chi connectivity index (χ2n) is 7.00. The minimum absolute atomic E-state index is 0.136. The second kappa shape index (κ2) is 6.77. The Balaban J connectivity index is 1.77. The number of H-pyrrole nitrogens is 1. The van der Waals surface area contributed by atoms with E-state index in [1.54, 1.807) is 12.3 Å². The maximum Gasteiger partial charge on any atom is 0.255 e. The van der Waals surface area contributed by atoms with Crippen LogP contribution in [0.1, 0.15) is 46.0 Å². The summed E-state index contributed by atoms with van der Waals surface area (Å²) in [6, 6.07) is 5.62. The number of ether oxygens (including phenoxy) is 1. The summed E-state index contributed by atoms with van der Waals surface area (Å²) in [7, 11) is 0. The van der Waals surface area contributed by atoms with Gasteiger partial charge in [0.1, 0.15) is 5.75 Å². The molecule has 0 aliphatic heterocycles. The molecule has 5 heteroatoms. The van der Waals surface area contributed by atoms with E-state index >= 15 is 0 Å². The number of hydrogen-bond donors (Lipinski definition) is 2. The summed E-state index contributed by atoms with van der Waals surface area (Å²) in [6.07, 6.45) is 7.03. The van der Waals surface area contributed by atoms with E-state index in [1.165, 1.54) is 0 Å². The number of rotatable bonds is 4. The lowest BCUT2D eigenvalue weighted by Crippen LogP contribution is -2.43. The van der Waals surface area contributed by atoms with E-state index in [-0.39, 0.29) is 23.1 Å². The Morgan fingerprint density at radius 1 is 1.42 bits per heavy atom. The zero-order valence-corrected chi connectivity index (χ0v) is 15.0. The first-order valence-corrected chi connectivity index (χ1v) is 9.06. The number of nitrogens with two attached hydrogens (primary N) is 1. The van der Waals surface area contributed by atoms with Gasteiger partial charge in [0.25, 0.3) is 5.56 Å². The molecule has 130 valence electrons. The van der Waals surface area contributed by atoms with Crippen molar-refractivity contribution < 1.29 is 4.74 Å². The largest absolute Gasteiger partial charge is 0.489 e. The first-order valence-electron chi connectivity index (χ1n) is 8.68. The van der Waals surface area contributed by atoms with Gasteiger partial charge < -0.3 is 15.5 Å². The smallest absolute Gasteiger partial charge is 0.255 e. The molecule has 0 amide bonds. The van der Waals surface area contributed by atoms with Gasteiger partial charge in [-0.25, -0.2) is 0 Å². The van der Waals surface area contributed by atoms with Crippen molar-refractivity contribution in [3.8, 4) is 5.75 Å². The predicted molar refractivity (Wildman–Crippen MR) is 98.8 cm³/mol. The highest BCUT2D eigenvalue weighted by molar-refractivity contribution is 6.32. The zero-order chi connectivity index (χ0) is 17.3. The number of aromatic nitrogens is 1. The van der Waals surface area contributed by atoms with E-state index in [0.717, 1.165) is 37.5 Å². The highest BCUT2D eigenvalue weighted by Crippen LogP contribution is 2.43. The Labute approximate surface area is 147 Å². The molecule has 0 bridgehead atoms. The van der Waals surface area contributed by atoms with E-state index in [0.29, 0.717) is 16.2 Å². The number of nitrogens with one attached hydrogen (secondary N) is 1. The number of fused-ring (bicyclic) bond motifs is 1. The fourth-order valence-corrected chi connectivity index (χ4v) is 4.08. The Bertz CT molecular complexity index is 777. The summed E-state index contributed by atoms with van der Waals surface area (Å²) < 4.78 is 6.17. The molecule has 24 heavy (non-hydrogen) atoms. The maximum absolute atomic E-state index is 11.8. The average molecular weight is 349 g/mol. The topological polar surface area (TPSA) is 68.1 Å². The molecule has 1 atom stereocenters. The van der Waals surface area contributed by atoms with E-state index in [4.69, 9.17) is 22.1 Å². The van der Waals surface area contributed by atoms with Crippen LogP contribution < -0.4 is 16.0 Å². The van der Waals surface area contributed by atoms with Gasteiger partial charge in [0.15, 0.2) is 0 Å². The molecule has 1 aliphatic rings. The standard InChI is InChI=1S/C19H25ClN2O2/c1-3-19(12(2)21)7-4-14(5-8-19)24-17-10-13-6-9-22-18(23)15(13)11-16(17)20/h6,9-12,14H,3-5,7-8,21H2,1-2H3,(H,22,23). The van der Waals surface area contributed by atoms with Crippen LogP contribution in [0.5, 0.6) is 5.75 Å². The molecular weight excluding hydrogens is 324 g/mol. The molecule has 1 aromatic carbocycles. The van der Waals surface area contributed by atoms with Crippen molar-refractivity contribution in [1.82, 2.24) is 4.98 Å². The van der Waals surface area contributed by atoms with Crippen molar-refractivity contribution in [3.63, 3.8) is 0 Å². The number of aromatic amines is 1. The second-order valence-corrected chi connectivity index (χ2v) is 7.41. The normalized spacial score (nSPS) is 25.6. The van der Waals surface area contributed by atoms with Crippen molar-refractivity contribution in [2.45, 2.75) is 58.1 Å². The van der Waals surface area contributed by atoms with Gasteiger partial charge in [0.2, 0.25) is 0 Å². The highest BCUT2D eigenvalue weighted by Gasteiger charge is 2.37. The molecule has 0 radical (unpaired) electrons. The summed E-state index contributed by atoms with van der Waals surface area (Å²) in [6.45, 7) is 4.34. The van der Waals surface area contributed by atoms with E-state index < -0.39 is 0 Å². The third-order valence-electron chi connectivity index (χ3n) is 5.72. The molecule has 1 heterocycles. The van der Waals surface area contributed by atoms with Gasteiger partial charge in [-0.2, -0.15) is 0 Å². The van der Waals surface area contributed by atoms with Crippen LogP contribution in [0, 0.1) is 5.41 Å². The van der Waals surface area contributed by atoms with E-state index in [2.05, 4.69) is 18.8 Å². The molecule has 3 N–H and O–H groups in total. The summed E-state index contributed by atoms with van der Waals surface area (Å²) in [5.41, 5.74) is 6.32. The molecule has 1 aromatic heterocycles. The third-order valence-corrected chi connectivity index (χ3v) is 6.01. The van der Waals surface area contributed by atoms with Gasteiger partial charge in [-0.1, -0.05) is 18.5 Å². The summed E-state index contributed by atoms with van der Waals surface area (Å²) in [4.78, 5) is 14.5. The van der Waals surface area contributed by atoms with Gasteiger partial charge in [0, 0.05) is 17.6 Å². The molecule has 0 saturated heterocycles. The first kappa shape index (κ1) is 17.3. The number of hydrogen-bond acceptors (Lipinski definition) is 3. The zero-order valence-electron chi connectivity index (χ0n) is 14.3. The lowest BCUT2D eigenvalue weighted by atomic mass is 9.67. The van der Waals surface area contributed by atoms with Crippen molar-refractivity contribution in [1.29, 1.82) is 0 Å². The third kappa shape index (κ3) is 3.17. The van der Waals surface area contributed by atoms with Crippen LogP contribution >= 0.6 is 11.6 Å². The molecule has 4 nitrogen and oxygen atoms in total. The molecular formula is C19H25ClN2O2. The van der Waals surface area contributed by atoms with Crippen LogP contribution in [0.2, 0.25) is 5.02 Å². The van der Waals surface area contributed by atoms with Gasteiger partial charge in [-0.15, -0.1) is 0 Å². The Hall–Kier alpha value is -1.52. The van der Waals surface area contributed by atoms with Gasteiger partial charge in [-0.3, -0.25) is 4.79 Å². The minimum Gasteiger partial charge on any atom is -0.489 e. The molecule has 0 spiro atoms. The highest BCUT2D eigenvalue weighted by atomic mass is 35.5. The summed E-state index contributed by atoms with van der Waals surface area (Å²) in [5, 5.41) is 1.91. The van der Waals surface area contributed by atoms with E-state index in [9.17, 15) is 4.79 Å². The average Bonchev–Trinajstić information content (AvgIpc) is 2.57. The van der Waals surface area contributed by atoms with Crippen LogP contribution in [0.3, 0.4) is 0 Å². The monoisotopic (exact) mass is 348 g/mol. The van der Waals surface area contributed by atoms with Gasteiger partial charge >= 0.3 is 0 Å². The quantitative estimate of drug-likeness (QED) is 0.868. The Kier molecular flexibility index (Phi) is 4.88. The number of halogens is 1. The van der Waals surface area contributed by atoms with Crippen molar-refractivity contribution in [2.24, 2.45) is 11.1 Å². The van der Waals surface area contributed by atoms with Crippen molar-refractivity contribution in [2.75, 3.05) is 0 Å². The van der Waals surface area contributed by atoms with Gasteiger partial charge in [0.05, 0.1) is 11.1 Å². The Morgan fingerprint density at radius 3 is 2.75 bits per heavy atom. The van der Waals surface area contributed by atoms with Gasteiger partial charge in [-0.05, 0) is 68.0 Å². The van der Waals surface area contributed by atoms with E-state index in [1.807, 2.05) is 12.1 Å². The maximum atomic E-state index is 11.8. The summed E-state index contributed by atoms with van der Waals surface area (Å²) in [5.74, 6) is 0.657. The number of pyridine rings is 1. The fraction of sp³-hybridized carbons (Fsp3) is 0.526. The van der Waals surface area contributed by atoms with Crippen molar-refractivity contribution >= 4 is 22.4 Å². The Morgan fingerprint density at radius 2 is 2.12 bits per heavy atom. The fourth-order valence-electron chi connectivity index (χ4n) is 3.87. The molecule has 1 unspecified atom stereocenters. The van der Waals surface area contributed by atoms with Crippen LogP contribution in [0.4, 0.5) is 0 Å². The lowest BCUT2D eigenvalue weighted by Gasteiger charge is -2.42. The molecule has 1 saturated carbocycles. The van der Waals surface area contributed by atoms with Crippen molar-refractivity contribution in [3.05, 3.63) is 39.8 Å². The van der Waals surface area contributed by atoms with Crippen LogP contribution in [-0.4, -0.2) is 17.1 Å². The summed E-state index contributed by atoms with van der Waals surface area (Å²) >= 11 is 6.33. The number of benzene rings is 1. The molecule has 1 aliphatic carbocycles. The van der Waals surface area contributed by atoms with Crippen LogP contribution in [-0.2, 0) is 0 Å². The van der Waals surface area contributed by atoms with Crippen LogP contribution in [0.25, 0.3) is 10.8 Å². The molecule has 1 fully saturated rings.